The lowest BCUT2D eigenvalue weighted by molar-refractivity contribution is 0.246. The summed E-state index contributed by atoms with van der Waals surface area (Å²) in [5.74, 6) is 0.453. The average Bonchev–Trinajstić information content (AvgIpc) is 2.54. The van der Waals surface area contributed by atoms with Crippen molar-refractivity contribution in [1.29, 1.82) is 0 Å². The van der Waals surface area contributed by atoms with Gasteiger partial charge in [-0.05, 0) is 36.4 Å². The summed E-state index contributed by atoms with van der Waals surface area (Å²) in [5, 5.41) is 5.29. The molecule has 0 saturated heterocycles. The number of benzene rings is 2. The van der Waals surface area contributed by atoms with E-state index in [0.29, 0.717) is 11.4 Å². The van der Waals surface area contributed by atoms with Crippen molar-refractivity contribution in [1.82, 2.24) is 5.32 Å². The van der Waals surface area contributed by atoms with Crippen LogP contribution in [0.15, 0.2) is 48.5 Å². The van der Waals surface area contributed by atoms with Gasteiger partial charge >= 0.3 is 6.03 Å². The van der Waals surface area contributed by atoms with Crippen molar-refractivity contribution in [2.24, 2.45) is 0 Å². The molecule has 0 bridgehead atoms. The molecule has 0 saturated carbocycles. The second kappa shape index (κ2) is 7.87. The van der Waals surface area contributed by atoms with Crippen molar-refractivity contribution >= 4 is 11.7 Å². The smallest absolute Gasteiger partial charge is 0.319 e. The van der Waals surface area contributed by atoms with Crippen molar-refractivity contribution in [3.63, 3.8) is 0 Å². The molecule has 0 aromatic heterocycles. The van der Waals surface area contributed by atoms with Gasteiger partial charge in [0.2, 0.25) is 0 Å². The molecular formula is C16H17FN2O3. The van der Waals surface area contributed by atoms with Gasteiger partial charge in [0.15, 0.2) is 11.6 Å². The largest absolute Gasteiger partial charge is 0.497 e. The van der Waals surface area contributed by atoms with E-state index in [2.05, 4.69) is 10.6 Å². The number of rotatable bonds is 6. The average molecular weight is 304 g/mol. The van der Waals surface area contributed by atoms with Gasteiger partial charge in [0, 0.05) is 5.69 Å². The first-order valence-corrected chi connectivity index (χ1v) is 6.75. The summed E-state index contributed by atoms with van der Waals surface area (Å²) in [6, 6.07) is 12.7. The Morgan fingerprint density at radius 3 is 2.55 bits per heavy atom. The highest BCUT2D eigenvalue weighted by Crippen LogP contribution is 2.15. The van der Waals surface area contributed by atoms with Crippen molar-refractivity contribution in [2.75, 3.05) is 25.6 Å². The molecule has 116 valence electrons. The van der Waals surface area contributed by atoms with Crippen LogP contribution >= 0.6 is 0 Å². The maximum absolute atomic E-state index is 13.3. The molecule has 0 aliphatic heterocycles. The number of methoxy groups -OCH3 is 1. The lowest BCUT2D eigenvalue weighted by Crippen LogP contribution is -2.32. The summed E-state index contributed by atoms with van der Waals surface area (Å²) in [7, 11) is 1.57. The molecule has 0 unspecified atom stereocenters. The van der Waals surface area contributed by atoms with Crippen LogP contribution in [0.1, 0.15) is 0 Å². The molecule has 0 spiro atoms. The highest BCUT2D eigenvalue weighted by molar-refractivity contribution is 5.89. The summed E-state index contributed by atoms with van der Waals surface area (Å²) in [6.45, 7) is 0.438. The number of carbonyl (C=O) groups excluding carboxylic acids is 1. The number of carbonyl (C=O) groups is 1. The molecule has 0 fully saturated rings. The molecule has 22 heavy (non-hydrogen) atoms. The first kappa shape index (κ1) is 15.6. The molecule has 0 aliphatic carbocycles. The monoisotopic (exact) mass is 304 g/mol. The highest BCUT2D eigenvalue weighted by Gasteiger charge is 2.03. The molecule has 0 heterocycles. The van der Waals surface area contributed by atoms with Gasteiger partial charge in [-0.1, -0.05) is 12.1 Å². The van der Waals surface area contributed by atoms with Crippen LogP contribution in [0.4, 0.5) is 14.9 Å². The van der Waals surface area contributed by atoms with Crippen LogP contribution in [-0.2, 0) is 0 Å². The van der Waals surface area contributed by atoms with Gasteiger partial charge in [0.05, 0.1) is 13.7 Å². The number of halogens is 1. The van der Waals surface area contributed by atoms with Gasteiger partial charge in [-0.3, -0.25) is 0 Å². The molecule has 2 aromatic carbocycles. The van der Waals surface area contributed by atoms with Crippen molar-refractivity contribution < 1.29 is 18.7 Å². The third kappa shape index (κ3) is 4.66. The van der Waals surface area contributed by atoms with E-state index in [1.54, 1.807) is 43.5 Å². The van der Waals surface area contributed by atoms with E-state index in [9.17, 15) is 9.18 Å². The predicted octanol–water partition coefficient (Wildman–Crippen LogP) is 3.03. The van der Waals surface area contributed by atoms with E-state index >= 15 is 0 Å². The maximum atomic E-state index is 13.3. The van der Waals surface area contributed by atoms with Gasteiger partial charge in [-0.15, -0.1) is 0 Å². The fourth-order valence-electron chi connectivity index (χ4n) is 1.74. The summed E-state index contributed by atoms with van der Waals surface area (Å²) in [4.78, 5) is 11.7. The molecule has 0 aliphatic rings. The van der Waals surface area contributed by atoms with Crippen molar-refractivity contribution in [3.05, 3.63) is 54.3 Å². The summed E-state index contributed by atoms with van der Waals surface area (Å²) >= 11 is 0. The normalized spacial score (nSPS) is 9.91. The van der Waals surface area contributed by atoms with Gasteiger partial charge in [0.1, 0.15) is 12.4 Å². The van der Waals surface area contributed by atoms with E-state index in [4.69, 9.17) is 9.47 Å². The molecule has 2 amide bonds. The van der Waals surface area contributed by atoms with Crippen molar-refractivity contribution in [3.8, 4) is 11.5 Å². The van der Waals surface area contributed by atoms with E-state index in [-0.39, 0.29) is 24.9 Å². The number of hydrogen-bond acceptors (Lipinski definition) is 3. The standard InChI is InChI=1S/C16H17FN2O3/c1-21-13-8-6-12(7-9-13)19-16(20)18-10-11-22-15-5-3-2-4-14(15)17/h2-9H,10-11H2,1H3,(H2,18,19,20). The van der Waals surface area contributed by atoms with Gasteiger partial charge in [0.25, 0.3) is 0 Å². The Bertz CT molecular complexity index is 617. The fourth-order valence-corrected chi connectivity index (χ4v) is 1.74. The minimum Gasteiger partial charge on any atom is -0.497 e. The summed E-state index contributed by atoms with van der Waals surface area (Å²) in [6.07, 6.45) is 0. The second-order valence-electron chi connectivity index (χ2n) is 4.39. The minimum absolute atomic E-state index is 0.167. The summed E-state index contributed by atoms with van der Waals surface area (Å²) < 4.78 is 23.6. The number of para-hydroxylation sites is 1. The van der Waals surface area contributed by atoms with Crippen LogP contribution in [0, 0.1) is 5.82 Å². The molecule has 0 atom stereocenters. The first-order valence-electron chi connectivity index (χ1n) is 6.75. The lowest BCUT2D eigenvalue weighted by Gasteiger charge is -2.09. The fraction of sp³-hybridized carbons (Fsp3) is 0.188. The number of amides is 2. The zero-order valence-corrected chi connectivity index (χ0v) is 12.1. The Morgan fingerprint density at radius 2 is 1.86 bits per heavy atom. The first-order chi connectivity index (χ1) is 10.7. The molecule has 2 aromatic rings. The third-order valence-corrected chi connectivity index (χ3v) is 2.83. The van der Waals surface area contributed by atoms with Crippen LogP contribution in [0.2, 0.25) is 0 Å². The van der Waals surface area contributed by atoms with E-state index in [1.165, 1.54) is 12.1 Å². The predicted molar refractivity (Wildman–Crippen MR) is 81.9 cm³/mol. The number of ether oxygens (including phenoxy) is 2. The minimum atomic E-state index is -0.426. The SMILES string of the molecule is COc1ccc(NC(=O)NCCOc2ccccc2F)cc1. The Morgan fingerprint density at radius 1 is 1.14 bits per heavy atom. The molecule has 0 radical (unpaired) electrons. The van der Waals surface area contributed by atoms with Crippen LogP contribution in [0.25, 0.3) is 0 Å². The van der Waals surface area contributed by atoms with Crippen molar-refractivity contribution in [2.45, 2.75) is 0 Å². The topological polar surface area (TPSA) is 59.6 Å². The van der Waals surface area contributed by atoms with Crippen LogP contribution < -0.4 is 20.1 Å². The Balaban J connectivity index is 1.70. The molecule has 2 N–H and O–H groups in total. The Kier molecular flexibility index (Phi) is 5.59. The molecular weight excluding hydrogens is 287 g/mol. The van der Waals surface area contributed by atoms with Gasteiger partial charge < -0.3 is 20.1 Å². The van der Waals surface area contributed by atoms with E-state index < -0.39 is 5.82 Å². The molecule has 2 rings (SSSR count). The second-order valence-corrected chi connectivity index (χ2v) is 4.39. The molecule has 6 heteroatoms. The zero-order valence-electron chi connectivity index (χ0n) is 12.1. The Hall–Kier alpha value is -2.76. The number of anilines is 1. The van der Waals surface area contributed by atoms with Crippen LogP contribution in [0.3, 0.4) is 0 Å². The van der Waals surface area contributed by atoms with Crippen LogP contribution in [-0.4, -0.2) is 26.3 Å². The third-order valence-electron chi connectivity index (χ3n) is 2.83. The Labute approximate surface area is 128 Å². The van der Waals surface area contributed by atoms with Crippen LogP contribution in [0.5, 0.6) is 11.5 Å². The van der Waals surface area contributed by atoms with E-state index in [0.717, 1.165) is 0 Å². The zero-order chi connectivity index (χ0) is 15.8. The van der Waals surface area contributed by atoms with E-state index in [1.807, 2.05) is 0 Å². The van der Waals surface area contributed by atoms with Gasteiger partial charge in [-0.25, -0.2) is 9.18 Å². The maximum Gasteiger partial charge on any atom is 0.319 e. The highest BCUT2D eigenvalue weighted by atomic mass is 19.1. The number of urea groups is 1. The summed E-state index contributed by atoms with van der Waals surface area (Å²) in [5.41, 5.74) is 0.647. The lowest BCUT2D eigenvalue weighted by atomic mass is 10.3. The quantitative estimate of drug-likeness (QED) is 0.806. The number of hydrogen-bond donors (Lipinski definition) is 2. The number of nitrogens with one attached hydrogen (secondary N) is 2. The van der Waals surface area contributed by atoms with Gasteiger partial charge in [-0.2, -0.15) is 0 Å². The molecule has 5 nitrogen and oxygen atoms in total.